The van der Waals surface area contributed by atoms with E-state index < -0.39 is 0 Å². The normalized spacial score (nSPS) is 25.8. The SMILES string of the molecule is Cc1ccc(C2Nc3c(C(=O)N4CCCCC4)cccc3C3C=CCC32)cc1. The number of nitrogens with zero attached hydrogens (tertiary/aromatic N) is 1. The first-order valence-electron chi connectivity index (χ1n) is 10.6. The Balaban J connectivity index is 1.55. The highest BCUT2D eigenvalue weighted by Gasteiger charge is 2.39. The van der Waals surface area contributed by atoms with Crippen molar-refractivity contribution in [3.05, 3.63) is 76.9 Å². The predicted molar refractivity (Wildman–Crippen MR) is 114 cm³/mol. The van der Waals surface area contributed by atoms with Crippen molar-refractivity contribution >= 4 is 11.6 Å². The Labute approximate surface area is 167 Å². The zero-order valence-corrected chi connectivity index (χ0v) is 16.5. The van der Waals surface area contributed by atoms with Crippen molar-refractivity contribution in [1.29, 1.82) is 0 Å². The second-order valence-electron chi connectivity index (χ2n) is 8.51. The number of benzene rings is 2. The lowest BCUT2D eigenvalue weighted by molar-refractivity contribution is 0.0725. The summed E-state index contributed by atoms with van der Waals surface area (Å²) in [5.74, 6) is 1.08. The minimum Gasteiger partial charge on any atom is -0.377 e. The van der Waals surface area contributed by atoms with Crippen LogP contribution in [0.2, 0.25) is 0 Å². The van der Waals surface area contributed by atoms with Crippen molar-refractivity contribution in [2.45, 2.75) is 44.6 Å². The first kappa shape index (κ1) is 17.5. The molecule has 3 unspecified atom stereocenters. The largest absolute Gasteiger partial charge is 0.377 e. The summed E-state index contributed by atoms with van der Waals surface area (Å²) in [5, 5.41) is 3.81. The molecule has 3 aliphatic rings. The zero-order chi connectivity index (χ0) is 19.1. The lowest BCUT2D eigenvalue weighted by Gasteiger charge is -2.39. The summed E-state index contributed by atoms with van der Waals surface area (Å²) >= 11 is 0. The number of anilines is 1. The van der Waals surface area contributed by atoms with Gasteiger partial charge in [-0.3, -0.25) is 4.79 Å². The Bertz CT molecular complexity index is 909. The van der Waals surface area contributed by atoms with Gasteiger partial charge in [0.25, 0.3) is 5.91 Å². The molecule has 3 atom stereocenters. The van der Waals surface area contributed by atoms with Gasteiger partial charge in [0, 0.05) is 19.0 Å². The molecule has 0 spiro atoms. The van der Waals surface area contributed by atoms with Crippen LogP contribution in [0.15, 0.2) is 54.6 Å². The van der Waals surface area contributed by atoms with Crippen LogP contribution < -0.4 is 5.32 Å². The number of allylic oxidation sites excluding steroid dienone is 2. The molecule has 1 aliphatic carbocycles. The average Bonchev–Trinajstić information content (AvgIpc) is 3.24. The molecule has 0 aromatic heterocycles. The molecule has 0 saturated carbocycles. The molecule has 3 heteroatoms. The summed E-state index contributed by atoms with van der Waals surface area (Å²) < 4.78 is 0. The van der Waals surface area contributed by atoms with E-state index in [-0.39, 0.29) is 11.9 Å². The molecular weight excluding hydrogens is 344 g/mol. The molecule has 1 fully saturated rings. The number of piperidine rings is 1. The Kier molecular flexibility index (Phi) is 4.46. The van der Waals surface area contributed by atoms with Crippen LogP contribution in [0.25, 0.3) is 0 Å². The second kappa shape index (κ2) is 7.12. The molecule has 28 heavy (non-hydrogen) atoms. The van der Waals surface area contributed by atoms with Crippen LogP contribution >= 0.6 is 0 Å². The van der Waals surface area contributed by atoms with Crippen LogP contribution in [0.4, 0.5) is 5.69 Å². The summed E-state index contributed by atoms with van der Waals surface area (Å²) in [5.41, 5.74) is 5.77. The number of amides is 1. The number of rotatable bonds is 2. The number of likely N-dealkylation sites (tertiary alicyclic amines) is 1. The van der Waals surface area contributed by atoms with E-state index >= 15 is 0 Å². The molecule has 0 bridgehead atoms. The fourth-order valence-electron chi connectivity index (χ4n) is 5.17. The minimum absolute atomic E-state index is 0.187. The Hall–Kier alpha value is -2.55. The van der Waals surface area contributed by atoms with E-state index in [1.54, 1.807) is 0 Å². The summed E-state index contributed by atoms with van der Waals surface area (Å²) in [6.07, 6.45) is 9.22. The van der Waals surface area contributed by atoms with E-state index in [1.165, 1.54) is 23.1 Å². The maximum atomic E-state index is 13.3. The number of carbonyl (C=O) groups excluding carboxylic acids is 1. The molecule has 144 valence electrons. The van der Waals surface area contributed by atoms with Crippen molar-refractivity contribution in [1.82, 2.24) is 4.90 Å². The van der Waals surface area contributed by atoms with Crippen molar-refractivity contribution < 1.29 is 4.79 Å². The summed E-state index contributed by atoms with van der Waals surface area (Å²) in [7, 11) is 0. The summed E-state index contributed by atoms with van der Waals surface area (Å²) in [4.78, 5) is 15.4. The molecule has 1 amide bonds. The third-order valence-corrected chi connectivity index (χ3v) is 6.71. The van der Waals surface area contributed by atoms with Crippen LogP contribution in [-0.4, -0.2) is 23.9 Å². The fraction of sp³-hybridized carbons (Fsp3) is 0.400. The van der Waals surface area contributed by atoms with Crippen LogP contribution in [0.5, 0.6) is 0 Å². The number of carbonyl (C=O) groups is 1. The molecule has 0 radical (unpaired) electrons. The zero-order valence-electron chi connectivity index (χ0n) is 16.5. The monoisotopic (exact) mass is 372 g/mol. The van der Waals surface area contributed by atoms with Gasteiger partial charge in [-0.25, -0.2) is 0 Å². The molecular formula is C25H28N2O. The third kappa shape index (κ3) is 2.94. The van der Waals surface area contributed by atoms with Gasteiger partial charge in [-0.05, 0) is 55.7 Å². The standard InChI is InChI=1S/C25H28N2O/c1-17-11-13-18(14-12-17)23-20-8-5-7-19(20)21-9-6-10-22(24(21)26-23)25(28)27-15-3-2-4-16-27/h5-7,9-14,19-20,23,26H,2-4,8,15-16H2,1H3. The van der Waals surface area contributed by atoms with Gasteiger partial charge in [0.2, 0.25) is 0 Å². The fourth-order valence-corrected chi connectivity index (χ4v) is 5.17. The lowest BCUT2D eigenvalue weighted by Crippen LogP contribution is -2.37. The molecule has 1 N–H and O–H groups in total. The van der Waals surface area contributed by atoms with Gasteiger partial charge in [0.05, 0.1) is 17.3 Å². The Morgan fingerprint density at radius 3 is 2.61 bits per heavy atom. The van der Waals surface area contributed by atoms with Crippen LogP contribution in [-0.2, 0) is 0 Å². The number of para-hydroxylation sites is 1. The lowest BCUT2D eigenvalue weighted by atomic mass is 9.76. The van der Waals surface area contributed by atoms with Gasteiger partial charge in [0.1, 0.15) is 0 Å². The van der Waals surface area contributed by atoms with Gasteiger partial charge >= 0.3 is 0 Å². The summed E-state index contributed by atoms with van der Waals surface area (Å²) in [6.45, 7) is 3.90. The van der Waals surface area contributed by atoms with Gasteiger partial charge in [-0.2, -0.15) is 0 Å². The van der Waals surface area contributed by atoms with Gasteiger partial charge in [0.15, 0.2) is 0 Å². The van der Waals surface area contributed by atoms with Gasteiger partial charge in [-0.15, -0.1) is 0 Å². The predicted octanol–water partition coefficient (Wildman–Crippen LogP) is 5.45. The molecule has 1 saturated heterocycles. The maximum absolute atomic E-state index is 13.3. The van der Waals surface area contributed by atoms with E-state index in [1.807, 2.05) is 11.0 Å². The molecule has 2 aromatic carbocycles. The number of nitrogens with one attached hydrogen (secondary N) is 1. The highest BCUT2D eigenvalue weighted by molar-refractivity contribution is 6.01. The third-order valence-electron chi connectivity index (χ3n) is 6.71. The number of hydrogen-bond acceptors (Lipinski definition) is 2. The van der Waals surface area contributed by atoms with Crippen LogP contribution in [0.3, 0.4) is 0 Å². The highest BCUT2D eigenvalue weighted by Crippen LogP contribution is 2.50. The summed E-state index contributed by atoms with van der Waals surface area (Å²) in [6, 6.07) is 15.4. The Morgan fingerprint density at radius 2 is 1.82 bits per heavy atom. The quantitative estimate of drug-likeness (QED) is 0.711. The van der Waals surface area contributed by atoms with Crippen molar-refractivity contribution in [2.75, 3.05) is 18.4 Å². The molecule has 2 aliphatic heterocycles. The van der Waals surface area contributed by atoms with Crippen LogP contribution in [0, 0.1) is 12.8 Å². The van der Waals surface area contributed by atoms with E-state index in [9.17, 15) is 4.79 Å². The topological polar surface area (TPSA) is 32.3 Å². The maximum Gasteiger partial charge on any atom is 0.255 e. The van der Waals surface area contributed by atoms with Gasteiger partial charge < -0.3 is 10.2 Å². The van der Waals surface area contributed by atoms with Crippen molar-refractivity contribution in [3.8, 4) is 0 Å². The number of hydrogen-bond donors (Lipinski definition) is 1. The smallest absolute Gasteiger partial charge is 0.255 e. The Morgan fingerprint density at radius 1 is 1.04 bits per heavy atom. The molecule has 3 nitrogen and oxygen atoms in total. The van der Waals surface area contributed by atoms with Crippen molar-refractivity contribution in [2.24, 2.45) is 5.92 Å². The average molecular weight is 373 g/mol. The first-order chi connectivity index (χ1) is 13.7. The molecule has 5 rings (SSSR count). The first-order valence-corrected chi connectivity index (χ1v) is 10.6. The second-order valence-corrected chi connectivity index (χ2v) is 8.51. The number of fused-ring (bicyclic) bond motifs is 3. The van der Waals surface area contributed by atoms with E-state index in [0.29, 0.717) is 11.8 Å². The van der Waals surface area contributed by atoms with Crippen LogP contribution in [0.1, 0.15) is 64.7 Å². The van der Waals surface area contributed by atoms with Crippen molar-refractivity contribution in [3.63, 3.8) is 0 Å². The van der Waals surface area contributed by atoms with E-state index in [4.69, 9.17) is 0 Å². The van der Waals surface area contributed by atoms with Gasteiger partial charge in [-0.1, -0.05) is 54.1 Å². The molecule has 2 heterocycles. The number of aryl methyl sites for hydroxylation is 1. The minimum atomic E-state index is 0.187. The highest BCUT2D eigenvalue weighted by atomic mass is 16.2. The molecule has 2 aromatic rings. The van der Waals surface area contributed by atoms with E-state index in [0.717, 1.165) is 43.6 Å². The van der Waals surface area contributed by atoms with E-state index in [2.05, 4.69) is 60.8 Å².